The summed E-state index contributed by atoms with van der Waals surface area (Å²) in [6.45, 7) is 0. The molecule has 2 rings (SSSR count). The van der Waals surface area contributed by atoms with E-state index in [1.165, 1.54) is 0 Å². The Labute approximate surface area is 113 Å². The highest BCUT2D eigenvalue weighted by atomic mass is 79.9. The molecule has 2 aromatic rings. The van der Waals surface area contributed by atoms with Crippen molar-refractivity contribution in [3.05, 3.63) is 57.5 Å². The van der Waals surface area contributed by atoms with E-state index in [4.69, 9.17) is 21.6 Å². The lowest BCUT2D eigenvalue weighted by Crippen LogP contribution is -1.85. The van der Waals surface area contributed by atoms with Crippen LogP contribution in [0.2, 0.25) is 5.02 Å². The second-order valence-corrected chi connectivity index (χ2v) is 4.64. The highest BCUT2D eigenvalue weighted by Crippen LogP contribution is 2.31. The van der Waals surface area contributed by atoms with Gasteiger partial charge >= 0.3 is 0 Å². The molecule has 17 heavy (non-hydrogen) atoms. The van der Waals surface area contributed by atoms with Crippen LogP contribution in [0.1, 0.15) is 5.56 Å². The molecule has 0 saturated heterocycles. The van der Waals surface area contributed by atoms with E-state index >= 15 is 0 Å². The number of nitrogens with zero attached hydrogens (tertiary/aromatic N) is 1. The second-order valence-electron chi connectivity index (χ2n) is 3.31. The van der Waals surface area contributed by atoms with Gasteiger partial charge in [-0.3, -0.25) is 0 Å². The molecule has 0 heterocycles. The van der Waals surface area contributed by atoms with Crippen molar-refractivity contribution < 1.29 is 4.74 Å². The Hall–Kier alpha value is -1.50. The Bertz CT molecular complexity index is 575. The quantitative estimate of drug-likeness (QED) is 0.801. The smallest absolute Gasteiger partial charge is 0.147 e. The fourth-order valence-electron chi connectivity index (χ4n) is 1.28. The van der Waals surface area contributed by atoms with Gasteiger partial charge in [-0.2, -0.15) is 5.26 Å². The molecule has 4 heteroatoms. The van der Waals surface area contributed by atoms with Gasteiger partial charge in [0.25, 0.3) is 0 Å². The van der Waals surface area contributed by atoms with Gasteiger partial charge in [-0.25, -0.2) is 0 Å². The molecule has 0 saturated carbocycles. The van der Waals surface area contributed by atoms with Gasteiger partial charge in [0.15, 0.2) is 0 Å². The van der Waals surface area contributed by atoms with Gasteiger partial charge in [0.2, 0.25) is 0 Å². The van der Waals surface area contributed by atoms with Gasteiger partial charge in [0.05, 0.1) is 16.7 Å². The molecule has 0 amide bonds. The summed E-state index contributed by atoms with van der Waals surface area (Å²) in [7, 11) is 0. The van der Waals surface area contributed by atoms with Gasteiger partial charge in [-0.05, 0) is 42.5 Å². The third-order valence-corrected chi connectivity index (χ3v) is 2.91. The number of hydrogen-bond acceptors (Lipinski definition) is 2. The lowest BCUT2D eigenvalue weighted by Gasteiger charge is -2.07. The van der Waals surface area contributed by atoms with E-state index < -0.39 is 0 Å². The summed E-state index contributed by atoms with van der Waals surface area (Å²) in [5.74, 6) is 1.22. The Kier molecular flexibility index (Phi) is 3.68. The van der Waals surface area contributed by atoms with Crippen molar-refractivity contribution >= 4 is 27.5 Å². The standard InChI is InChI=1S/C13H7BrClNO/c14-10-3-6-12(15)13(7-10)17-11-4-1-9(8-16)2-5-11/h1-7H. The minimum Gasteiger partial charge on any atom is -0.456 e. The van der Waals surface area contributed by atoms with E-state index in [1.54, 1.807) is 36.4 Å². The molecule has 0 aromatic heterocycles. The Morgan fingerprint density at radius 2 is 1.82 bits per heavy atom. The van der Waals surface area contributed by atoms with Crippen molar-refractivity contribution in [2.45, 2.75) is 0 Å². The monoisotopic (exact) mass is 307 g/mol. The first kappa shape index (κ1) is 12.0. The van der Waals surface area contributed by atoms with Crippen molar-refractivity contribution in [1.82, 2.24) is 0 Å². The molecule has 0 unspecified atom stereocenters. The number of halogens is 2. The molecule has 0 N–H and O–H groups in total. The topological polar surface area (TPSA) is 33.0 Å². The first-order chi connectivity index (χ1) is 8.19. The molecule has 0 aliphatic carbocycles. The maximum Gasteiger partial charge on any atom is 0.147 e. The summed E-state index contributed by atoms with van der Waals surface area (Å²) in [4.78, 5) is 0. The van der Waals surface area contributed by atoms with Crippen LogP contribution in [-0.2, 0) is 0 Å². The Balaban J connectivity index is 2.25. The lowest BCUT2D eigenvalue weighted by molar-refractivity contribution is 0.482. The molecule has 2 nitrogen and oxygen atoms in total. The average molecular weight is 309 g/mol. The van der Waals surface area contributed by atoms with Crippen LogP contribution < -0.4 is 4.74 Å². The van der Waals surface area contributed by atoms with Gasteiger partial charge in [-0.1, -0.05) is 27.5 Å². The third-order valence-electron chi connectivity index (χ3n) is 2.10. The third kappa shape index (κ3) is 3.00. The van der Waals surface area contributed by atoms with Crippen molar-refractivity contribution in [3.8, 4) is 17.6 Å². The molecule has 0 aliphatic heterocycles. The summed E-state index contributed by atoms with van der Waals surface area (Å²) >= 11 is 9.36. The first-order valence-corrected chi connectivity index (χ1v) is 5.99. The summed E-state index contributed by atoms with van der Waals surface area (Å²) in [6.07, 6.45) is 0. The van der Waals surface area contributed by atoms with Gasteiger partial charge in [0, 0.05) is 4.47 Å². The minimum absolute atomic E-state index is 0.539. The van der Waals surface area contributed by atoms with E-state index in [-0.39, 0.29) is 0 Å². The van der Waals surface area contributed by atoms with Crippen molar-refractivity contribution in [1.29, 1.82) is 5.26 Å². The van der Waals surface area contributed by atoms with E-state index in [0.29, 0.717) is 22.1 Å². The van der Waals surface area contributed by atoms with Crippen molar-refractivity contribution in [2.75, 3.05) is 0 Å². The van der Waals surface area contributed by atoms with Gasteiger partial charge in [0.1, 0.15) is 11.5 Å². The number of benzene rings is 2. The van der Waals surface area contributed by atoms with Crippen LogP contribution in [-0.4, -0.2) is 0 Å². The summed E-state index contributed by atoms with van der Waals surface area (Å²) in [5, 5.41) is 9.22. The molecule has 0 aliphatic rings. The van der Waals surface area contributed by atoms with Crippen LogP contribution in [0.3, 0.4) is 0 Å². The number of rotatable bonds is 2. The highest BCUT2D eigenvalue weighted by Gasteiger charge is 2.04. The van der Waals surface area contributed by atoms with Crippen LogP contribution in [0, 0.1) is 11.3 Å². The van der Waals surface area contributed by atoms with Crippen LogP contribution in [0.15, 0.2) is 46.9 Å². The SMILES string of the molecule is N#Cc1ccc(Oc2cc(Br)ccc2Cl)cc1. The molecule has 0 spiro atoms. The molecule has 2 aromatic carbocycles. The van der Waals surface area contributed by atoms with Crippen LogP contribution in [0.4, 0.5) is 0 Å². The molecular formula is C13H7BrClNO. The average Bonchev–Trinajstić information content (AvgIpc) is 2.35. The van der Waals surface area contributed by atoms with Crippen LogP contribution in [0.5, 0.6) is 11.5 Å². The molecule has 0 atom stereocenters. The Morgan fingerprint density at radius 1 is 1.12 bits per heavy atom. The molecule has 0 fully saturated rings. The normalized spacial score (nSPS) is 9.71. The fraction of sp³-hybridized carbons (Fsp3) is 0. The fourth-order valence-corrected chi connectivity index (χ4v) is 1.78. The first-order valence-electron chi connectivity index (χ1n) is 4.82. The lowest BCUT2D eigenvalue weighted by atomic mass is 10.2. The second kappa shape index (κ2) is 5.22. The maximum absolute atomic E-state index is 8.68. The van der Waals surface area contributed by atoms with Gasteiger partial charge in [-0.15, -0.1) is 0 Å². The number of hydrogen-bond donors (Lipinski definition) is 0. The molecule has 84 valence electrons. The highest BCUT2D eigenvalue weighted by molar-refractivity contribution is 9.10. The van der Waals surface area contributed by atoms with Crippen molar-refractivity contribution in [3.63, 3.8) is 0 Å². The Morgan fingerprint density at radius 3 is 2.47 bits per heavy atom. The molecular weight excluding hydrogens is 302 g/mol. The predicted octanol–water partition coefficient (Wildman–Crippen LogP) is 4.77. The zero-order chi connectivity index (χ0) is 12.3. The maximum atomic E-state index is 8.68. The van der Waals surface area contributed by atoms with E-state index in [2.05, 4.69) is 15.9 Å². The molecule has 0 radical (unpaired) electrons. The molecule has 0 bridgehead atoms. The van der Waals surface area contributed by atoms with E-state index in [0.717, 1.165) is 4.47 Å². The zero-order valence-corrected chi connectivity index (χ0v) is 11.0. The van der Waals surface area contributed by atoms with E-state index in [9.17, 15) is 0 Å². The summed E-state index contributed by atoms with van der Waals surface area (Å²) in [5.41, 5.74) is 0.595. The number of ether oxygens (including phenoxy) is 1. The van der Waals surface area contributed by atoms with E-state index in [1.807, 2.05) is 12.1 Å². The van der Waals surface area contributed by atoms with Crippen LogP contribution in [0.25, 0.3) is 0 Å². The largest absolute Gasteiger partial charge is 0.456 e. The zero-order valence-electron chi connectivity index (χ0n) is 8.65. The van der Waals surface area contributed by atoms with Gasteiger partial charge < -0.3 is 4.74 Å². The summed E-state index contributed by atoms with van der Waals surface area (Å²) in [6, 6.07) is 14.3. The summed E-state index contributed by atoms with van der Waals surface area (Å²) < 4.78 is 6.51. The predicted molar refractivity (Wildman–Crippen MR) is 70.4 cm³/mol. The number of nitriles is 1. The van der Waals surface area contributed by atoms with Crippen molar-refractivity contribution in [2.24, 2.45) is 0 Å². The van der Waals surface area contributed by atoms with Crippen LogP contribution >= 0.6 is 27.5 Å². The minimum atomic E-state index is 0.539.